The molecule has 3 N–H and O–H groups in total. The molecule has 0 radical (unpaired) electrons. The van der Waals surface area contributed by atoms with E-state index in [9.17, 15) is 0 Å². The van der Waals surface area contributed by atoms with E-state index in [0.29, 0.717) is 12.5 Å². The third-order valence-corrected chi connectivity index (χ3v) is 2.61. The van der Waals surface area contributed by atoms with Crippen LogP contribution in [0.2, 0.25) is 0 Å². The lowest BCUT2D eigenvalue weighted by Gasteiger charge is -2.06. The first kappa shape index (κ1) is 18.0. The molecule has 1 aromatic rings. The molecule has 0 saturated carbocycles. The fourth-order valence-corrected chi connectivity index (χ4v) is 1.66. The molecule has 0 aromatic heterocycles. The van der Waals surface area contributed by atoms with Gasteiger partial charge in [0.05, 0.1) is 13.7 Å². The average Bonchev–Trinajstić information content (AvgIpc) is 2.36. The van der Waals surface area contributed by atoms with Crippen molar-refractivity contribution in [1.82, 2.24) is 5.32 Å². The third-order valence-electron chi connectivity index (χ3n) is 2.61. The normalized spacial score (nSPS) is 10.8. The summed E-state index contributed by atoms with van der Waals surface area (Å²) in [6.45, 7) is 5.64. The SMILES string of the molecule is CCCCNC(N)=NCc1cc(C)cc(OC)c1.I. The van der Waals surface area contributed by atoms with Crippen LogP contribution in [0.15, 0.2) is 23.2 Å². The number of unbranched alkanes of at least 4 members (excludes halogenated alkanes) is 1. The van der Waals surface area contributed by atoms with Crippen molar-refractivity contribution in [3.8, 4) is 5.75 Å². The minimum Gasteiger partial charge on any atom is -0.497 e. The largest absolute Gasteiger partial charge is 0.497 e. The Bertz CT molecular complexity index is 408. The lowest BCUT2D eigenvalue weighted by Crippen LogP contribution is -2.32. The highest BCUT2D eigenvalue weighted by atomic mass is 127. The molecule has 1 aromatic carbocycles. The number of nitrogens with zero attached hydrogens (tertiary/aromatic N) is 1. The molecular weight excluding hydrogens is 353 g/mol. The highest BCUT2D eigenvalue weighted by molar-refractivity contribution is 14.0. The molecule has 0 aliphatic rings. The molecule has 0 amide bonds. The minimum absolute atomic E-state index is 0. The Morgan fingerprint density at radius 1 is 1.37 bits per heavy atom. The molecule has 0 bridgehead atoms. The van der Waals surface area contributed by atoms with Gasteiger partial charge in [0.2, 0.25) is 0 Å². The Morgan fingerprint density at radius 2 is 2.11 bits per heavy atom. The predicted octanol–water partition coefficient (Wildman–Crippen LogP) is 2.83. The fraction of sp³-hybridized carbons (Fsp3) is 0.500. The molecule has 0 atom stereocenters. The Morgan fingerprint density at radius 3 is 2.74 bits per heavy atom. The zero-order chi connectivity index (χ0) is 13.4. The Labute approximate surface area is 132 Å². The summed E-state index contributed by atoms with van der Waals surface area (Å²) in [4.78, 5) is 4.31. The van der Waals surface area contributed by atoms with Gasteiger partial charge in [-0.25, -0.2) is 4.99 Å². The summed E-state index contributed by atoms with van der Waals surface area (Å²) in [7, 11) is 1.67. The van der Waals surface area contributed by atoms with Gasteiger partial charge >= 0.3 is 0 Å². The first-order chi connectivity index (χ1) is 8.65. The third kappa shape index (κ3) is 7.25. The molecule has 0 spiro atoms. The van der Waals surface area contributed by atoms with Crippen molar-refractivity contribution in [3.63, 3.8) is 0 Å². The summed E-state index contributed by atoms with van der Waals surface area (Å²) in [5, 5.41) is 3.09. The van der Waals surface area contributed by atoms with Crippen molar-refractivity contribution in [3.05, 3.63) is 29.3 Å². The van der Waals surface area contributed by atoms with Crippen LogP contribution in [0, 0.1) is 6.92 Å². The summed E-state index contributed by atoms with van der Waals surface area (Å²) in [5.74, 6) is 1.36. The van der Waals surface area contributed by atoms with E-state index in [0.717, 1.165) is 36.3 Å². The number of ether oxygens (including phenoxy) is 1. The summed E-state index contributed by atoms with van der Waals surface area (Å²) < 4.78 is 5.23. The van der Waals surface area contributed by atoms with Crippen molar-refractivity contribution >= 4 is 29.9 Å². The predicted molar refractivity (Wildman–Crippen MR) is 91.4 cm³/mol. The van der Waals surface area contributed by atoms with E-state index in [2.05, 4.69) is 23.3 Å². The Hall–Kier alpha value is -0.980. The number of nitrogens with two attached hydrogens (primary N) is 1. The average molecular weight is 377 g/mol. The van der Waals surface area contributed by atoms with Gasteiger partial charge in [-0.1, -0.05) is 19.4 Å². The van der Waals surface area contributed by atoms with Crippen molar-refractivity contribution in [2.45, 2.75) is 33.2 Å². The summed E-state index contributed by atoms with van der Waals surface area (Å²) >= 11 is 0. The maximum Gasteiger partial charge on any atom is 0.188 e. The first-order valence-corrected chi connectivity index (χ1v) is 6.34. The molecule has 5 heteroatoms. The standard InChI is InChI=1S/C14H23N3O.HI/c1-4-5-6-16-14(15)17-10-12-7-11(2)8-13(9-12)18-3;/h7-9H,4-6,10H2,1-3H3,(H3,15,16,17);1H. The van der Waals surface area contributed by atoms with Gasteiger partial charge in [0.15, 0.2) is 5.96 Å². The van der Waals surface area contributed by atoms with Crippen LogP contribution < -0.4 is 15.8 Å². The highest BCUT2D eigenvalue weighted by Crippen LogP contribution is 2.16. The number of halogens is 1. The topological polar surface area (TPSA) is 59.6 Å². The second-order valence-corrected chi connectivity index (χ2v) is 4.34. The summed E-state index contributed by atoms with van der Waals surface area (Å²) in [5.41, 5.74) is 8.05. The number of aliphatic imine (C=N–C) groups is 1. The van der Waals surface area contributed by atoms with Gasteiger partial charge in [-0.15, -0.1) is 24.0 Å². The number of rotatable bonds is 6. The Kier molecular flexibility index (Phi) is 9.38. The van der Waals surface area contributed by atoms with E-state index in [1.165, 1.54) is 0 Å². The number of methoxy groups -OCH3 is 1. The fourth-order valence-electron chi connectivity index (χ4n) is 1.66. The number of aryl methyl sites for hydroxylation is 1. The summed E-state index contributed by atoms with van der Waals surface area (Å²) in [6, 6.07) is 6.07. The Balaban J connectivity index is 0.00000324. The van der Waals surface area contributed by atoms with Crippen LogP contribution in [0.4, 0.5) is 0 Å². The van der Waals surface area contributed by atoms with Crippen molar-refractivity contribution in [2.24, 2.45) is 10.7 Å². The summed E-state index contributed by atoms with van der Waals surface area (Å²) in [6.07, 6.45) is 2.25. The molecule has 108 valence electrons. The lowest BCUT2D eigenvalue weighted by molar-refractivity contribution is 0.414. The van der Waals surface area contributed by atoms with E-state index < -0.39 is 0 Å². The van der Waals surface area contributed by atoms with Gasteiger partial charge in [-0.2, -0.15) is 0 Å². The molecule has 0 saturated heterocycles. The molecule has 0 aliphatic carbocycles. The molecular formula is C14H24IN3O. The first-order valence-electron chi connectivity index (χ1n) is 6.34. The van der Waals surface area contributed by atoms with Crippen LogP contribution in [0.5, 0.6) is 5.75 Å². The second kappa shape index (κ2) is 9.89. The molecule has 19 heavy (non-hydrogen) atoms. The van der Waals surface area contributed by atoms with Gasteiger partial charge in [0.1, 0.15) is 5.75 Å². The highest BCUT2D eigenvalue weighted by Gasteiger charge is 1.98. The van der Waals surface area contributed by atoms with E-state index in [-0.39, 0.29) is 24.0 Å². The van der Waals surface area contributed by atoms with Crippen LogP contribution in [-0.2, 0) is 6.54 Å². The zero-order valence-corrected chi connectivity index (χ0v) is 14.2. The molecule has 0 heterocycles. The van der Waals surface area contributed by atoms with Gasteiger partial charge < -0.3 is 15.8 Å². The maximum atomic E-state index is 5.78. The van der Waals surface area contributed by atoms with Crippen LogP contribution >= 0.6 is 24.0 Å². The number of benzene rings is 1. The molecule has 4 nitrogen and oxygen atoms in total. The van der Waals surface area contributed by atoms with E-state index in [1.807, 2.05) is 19.1 Å². The monoisotopic (exact) mass is 377 g/mol. The number of guanidine groups is 1. The number of hydrogen-bond acceptors (Lipinski definition) is 2. The van der Waals surface area contributed by atoms with Crippen LogP contribution in [0.1, 0.15) is 30.9 Å². The number of hydrogen-bond donors (Lipinski definition) is 2. The molecule has 0 unspecified atom stereocenters. The van der Waals surface area contributed by atoms with E-state index in [4.69, 9.17) is 10.5 Å². The van der Waals surface area contributed by atoms with Gasteiger partial charge in [0, 0.05) is 6.54 Å². The van der Waals surface area contributed by atoms with Crippen LogP contribution in [0.3, 0.4) is 0 Å². The smallest absolute Gasteiger partial charge is 0.188 e. The molecule has 0 aliphatic heterocycles. The zero-order valence-electron chi connectivity index (χ0n) is 11.9. The maximum absolute atomic E-state index is 5.78. The van der Waals surface area contributed by atoms with Crippen LogP contribution in [0.25, 0.3) is 0 Å². The lowest BCUT2D eigenvalue weighted by atomic mass is 10.1. The van der Waals surface area contributed by atoms with E-state index >= 15 is 0 Å². The van der Waals surface area contributed by atoms with E-state index in [1.54, 1.807) is 7.11 Å². The van der Waals surface area contributed by atoms with Gasteiger partial charge in [-0.05, 0) is 36.6 Å². The molecule has 0 fully saturated rings. The minimum atomic E-state index is 0. The number of nitrogens with one attached hydrogen (secondary N) is 1. The molecule has 1 rings (SSSR count). The van der Waals surface area contributed by atoms with Crippen molar-refractivity contribution in [1.29, 1.82) is 0 Å². The van der Waals surface area contributed by atoms with Crippen molar-refractivity contribution < 1.29 is 4.74 Å². The van der Waals surface area contributed by atoms with Crippen molar-refractivity contribution in [2.75, 3.05) is 13.7 Å². The van der Waals surface area contributed by atoms with Crippen LogP contribution in [-0.4, -0.2) is 19.6 Å². The van der Waals surface area contributed by atoms with Gasteiger partial charge in [-0.3, -0.25) is 0 Å². The quantitative estimate of drug-likeness (QED) is 0.347. The second-order valence-electron chi connectivity index (χ2n) is 4.34. The van der Waals surface area contributed by atoms with Gasteiger partial charge in [0.25, 0.3) is 0 Å².